The van der Waals surface area contributed by atoms with Crippen molar-refractivity contribution >= 4 is 5.69 Å². The van der Waals surface area contributed by atoms with E-state index in [0.717, 1.165) is 17.3 Å². The second-order valence-corrected chi connectivity index (χ2v) is 5.12. The molecule has 0 radical (unpaired) electrons. The molecule has 3 nitrogen and oxygen atoms in total. The van der Waals surface area contributed by atoms with E-state index in [1.54, 1.807) is 6.07 Å². The minimum atomic E-state index is -0.841. The summed E-state index contributed by atoms with van der Waals surface area (Å²) < 4.78 is 27.0. The van der Waals surface area contributed by atoms with Gasteiger partial charge in [0, 0.05) is 19.8 Å². The van der Waals surface area contributed by atoms with Crippen LogP contribution in [0.5, 0.6) is 0 Å². The van der Waals surface area contributed by atoms with Gasteiger partial charge < -0.3 is 4.90 Å². The molecule has 0 bridgehead atoms. The smallest absolute Gasteiger partial charge is 0.162 e. The molecule has 3 N–H and O–H groups in total. The minimum Gasteiger partial charge on any atom is -0.378 e. The number of nitrogens with zero attached hydrogens (tertiary/aromatic N) is 1. The number of rotatable bonds is 5. The van der Waals surface area contributed by atoms with Gasteiger partial charge in [0.05, 0.1) is 6.04 Å². The number of benzene rings is 2. The van der Waals surface area contributed by atoms with Crippen molar-refractivity contribution in [3.63, 3.8) is 0 Å². The third-order valence-electron chi connectivity index (χ3n) is 3.47. The summed E-state index contributed by atoms with van der Waals surface area (Å²) >= 11 is 0. The summed E-state index contributed by atoms with van der Waals surface area (Å²) in [5.74, 6) is 3.90. The van der Waals surface area contributed by atoms with Gasteiger partial charge in [0.15, 0.2) is 11.6 Å². The van der Waals surface area contributed by atoms with E-state index >= 15 is 0 Å². The standard InChI is InChI=1S/C16H19F2N3/c1-21(2)13-8-6-11(7-9-13)15(20-19)10-12-4-3-5-14(17)16(12)18/h3-9,15,20H,10,19H2,1-2H3. The van der Waals surface area contributed by atoms with Gasteiger partial charge in [-0.05, 0) is 35.7 Å². The maximum atomic E-state index is 13.7. The lowest BCUT2D eigenvalue weighted by atomic mass is 9.98. The molecule has 1 atom stereocenters. The van der Waals surface area contributed by atoms with Gasteiger partial charge >= 0.3 is 0 Å². The van der Waals surface area contributed by atoms with Gasteiger partial charge in [-0.25, -0.2) is 8.78 Å². The van der Waals surface area contributed by atoms with Crippen LogP contribution in [0.1, 0.15) is 17.2 Å². The summed E-state index contributed by atoms with van der Waals surface area (Å²) in [6.45, 7) is 0. The van der Waals surface area contributed by atoms with Gasteiger partial charge in [-0.1, -0.05) is 24.3 Å². The first-order chi connectivity index (χ1) is 10.0. The van der Waals surface area contributed by atoms with Gasteiger partial charge in [0.25, 0.3) is 0 Å². The van der Waals surface area contributed by atoms with Crippen molar-refractivity contribution in [2.75, 3.05) is 19.0 Å². The van der Waals surface area contributed by atoms with Crippen LogP contribution in [0, 0.1) is 11.6 Å². The van der Waals surface area contributed by atoms with E-state index in [2.05, 4.69) is 5.43 Å². The van der Waals surface area contributed by atoms with Gasteiger partial charge in [-0.15, -0.1) is 0 Å². The molecule has 2 aromatic carbocycles. The van der Waals surface area contributed by atoms with Crippen LogP contribution in [-0.2, 0) is 6.42 Å². The highest BCUT2D eigenvalue weighted by atomic mass is 19.2. The zero-order chi connectivity index (χ0) is 15.4. The summed E-state index contributed by atoms with van der Waals surface area (Å²) in [4.78, 5) is 1.99. The maximum absolute atomic E-state index is 13.7. The molecular weight excluding hydrogens is 272 g/mol. The fourth-order valence-corrected chi connectivity index (χ4v) is 2.20. The Kier molecular flexibility index (Phi) is 4.88. The number of hydrogen-bond donors (Lipinski definition) is 2. The van der Waals surface area contributed by atoms with Crippen LogP contribution in [0.4, 0.5) is 14.5 Å². The minimum absolute atomic E-state index is 0.279. The molecule has 0 saturated carbocycles. The van der Waals surface area contributed by atoms with Crippen molar-refractivity contribution in [1.82, 2.24) is 5.43 Å². The van der Waals surface area contributed by atoms with Crippen LogP contribution in [-0.4, -0.2) is 14.1 Å². The lowest BCUT2D eigenvalue weighted by Crippen LogP contribution is -2.30. The average molecular weight is 291 g/mol. The van der Waals surface area contributed by atoms with E-state index in [4.69, 9.17) is 5.84 Å². The largest absolute Gasteiger partial charge is 0.378 e. The van der Waals surface area contributed by atoms with Crippen LogP contribution < -0.4 is 16.2 Å². The SMILES string of the molecule is CN(C)c1ccc(C(Cc2cccc(F)c2F)NN)cc1. The van der Waals surface area contributed by atoms with E-state index in [0.29, 0.717) is 5.56 Å². The maximum Gasteiger partial charge on any atom is 0.162 e. The van der Waals surface area contributed by atoms with Crippen LogP contribution in [0.3, 0.4) is 0 Å². The molecule has 1 unspecified atom stereocenters. The Morgan fingerprint density at radius 3 is 2.33 bits per heavy atom. The monoisotopic (exact) mass is 291 g/mol. The number of nitrogens with two attached hydrogens (primary N) is 1. The number of nitrogens with one attached hydrogen (secondary N) is 1. The molecule has 0 fully saturated rings. The number of hydrogen-bond acceptors (Lipinski definition) is 3. The highest BCUT2D eigenvalue weighted by molar-refractivity contribution is 5.46. The molecule has 0 amide bonds. The van der Waals surface area contributed by atoms with Gasteiger partial charge in [-0.2, -0.15) is 0 Å². The Morgan fingerprint density at radius 2 is 1.76 bits per heavy atom. The fraction of sp³-hybridized carbons (Fsp3) is 0.250. The lowest BCUT2D eigenvalue weighted by Gasteiger charge is -2.19. The molecule has 0 aliphatic carbocycles. The first kappa shape index (κ1) is 15.4. The van der Waals surface area contributed by atoms with Crippen LogP contribution in [0.25, 0.3) is 0 Å². The predicted octanol–water partition coefficient (Wildman–Crippen LogP) is 2.78. The molecular formula is C16H19F2N3. The summed E-state index contributed by atoms with van der Waals surface area (Å²) in [5.41, 5.74) is 4.94. The van der Waals surface area contributed by atoms with Crippen molar-refractivity contribution in [3.8, 4) is 0 Å². The van der Waals surface area contributed by atoms with Gasteiger partial charge in [-0.3, -0.25) is 11.3 Å². The number of halogens is 2. The predicted molar refractivity (Wildman–Crippen MR) is 80.9 cm³/mol. The van der Waals surface area contributed by atoms with Gasteiger partial charge in [0.1, 0.15) is 0 Å². The zero-order valence-corrected chi connectivity index (χ0v) is 12.1. The van der Waals surface area contributed by atoms with E-state index in [-0.39, 0.29) is 12.5 Å². The Morgan fingerprint density at radius 1 is 1.10 bits per heavy atom. The molecule has 0 spiro atoms. The molecule has 0 aromatic heterocycles. The van der Waals surface area contributed by atoms with Crippen molar-refractivity contribution in [2.24, 2.45) is 5.84 Å². The molecule has 0 aliphatic heterocycles. The second-order valence-electron chi connectivity index (χ2n) is 5.12. The van der Waals surface area contributed by atoms with E-state index < -0.39 is 11.6 Å². The summed E-state index contributed by atoms with van der Waals surface area (Å²) in [5, 5.41) is 0. The van der Waals surface area contributed by atoms with Crippen molar-refractivity contribution < 1.29 is 8.78 Å². The second kappa shape index (κ2) is 6.65. The van der Waals surface area contributed by atoms with Crippen molar-refractivity contribution in [2.45, 2.75) is 12.5 Å². The summed E-state index contributed by atoms with van der Waals surface area (Å²) in [6.07, 6.45) is 0.279. The van der Waals surface area contributed by atoms with E-state index in [1.165, 1.54) is 6.07 Å². The van der Waals surface area contributed by atoms with Crippen molar-refractivity contribution in [1.29, 1.82) is 0 Å². The fourth-order valence-electron chi connectivity index (χ4n) is 2.20. The normalized spacial score (nSPS) is 12.2. The Hall–Kier alpha value is -1.98. The first-order valence-corrected chi connectivity index (χ1v) is 6.69. The quantitative estimate of drug-likeness (QED) is 0.657. The molecule has 5 heteroatoms. The lowest BCUT2D eigenvalue weighted by molar-refractivity contribution is 0.481. The highest BCUT2D eigenvalue weighted by Gasteiger charge is 2.15. The topological polar surface area (TPSA) is 41.3 Å². The van der Waals surface area contributed by atoms with Crippen LogP contribution in [0.15, 0.2) is 42.5 Å². The summed E-state index contributed by atoms with van der Waals surface area (Å²) in [6, 6.07) is 11.7. The zero-order valence-electron chi connectivity index (χ0n) is 12.1. The molecule has 2 rings (SSSR count). The molecule has 0 saturated heterocycles. The Balaban J connectivity index is 2.21. The summed E-state index contributed by atoms with van der Waals surface area (Å²) in [7, 11) is 3.91. The van der Waals surface area contributed by atoms with Crippen LogP contribution >= 0.6 is 0 Å². The molecule has 0 heterocycles. The third-order valence-corrected chi connectivity index (χ3v) is 3.47. The van der Waals surface area contributed by atoms with Gasteiger partial charge in [0.2, 0.25) is 0 Å². The average Bonchev–Trinajstić information content (AvgIpc) is 2.49. The Bertz CT molecular complexity index is 597. The van der Waals surface area contributed by atoms with Crippen molar-refractivity contribution in [3.05, 3.63) is 65.2 Å². The van der Waals surface area contributed by atoms with E-state index in [9.17, 15) is 8.78 Å². The van der Waals surface area contributed by atoms with E-state index in [1.807, 2.05) is 43.3 Å². The molecule has 21 heavy (non-hydrogen) atoms. The third kappa shape index (κ3) is 3.56. The highest BCUT2D eigenvalue weighted by Crippen LogP contribution is 2.23. The Labute approximate surface area is 123 Å². The number of hydrazine groups is 1. The molecule has 112 valence electrons. The molecule has 0 aliphatic rings. The first-order valence-electron chi connectivity index (χ1n) is 6.69. The van der Waals surface area contributed by atoms with Crippen LogP contribution in [0.2, 0.25) is 0 Å². The molecule has 2 aromatic rings. The number of anilines is 1.